The molecular weight excluding hydrogens is 794 g/mol. The number of hydrogen-bond acceptors (Lipinski definition) is 6. The molecule has 0 aliphatic rings. The second-order valence-electron chi connectivity index (χ2n) is 10.9. The molecule has 0 radical (unpaired) electrons. The largest absolute Gasteiger partial charge is 0.496 e. The van der Waals surface area contributed by atoms with Crippen LogP contribution in [0, 0.1) is 21.0 Å². The van der Waals surface area contributed by atoms with E-state index in [-0.39, 0.29) is 24.0 Å². The number of amides is 1. The number of hydrogen-bond donors (Lipinski definition) is 1. The fourth-order valence-corrected chi connectivity index (χ4v) is 6.99. The average Bonchev–Trinajstić information content (AvgIpc) is 3.01. The zero-order chi connectivity index (χ0) is 32.2. The Labute approximate surface area is 289 Å². The maximum Gasteiger partial charge on any atom is 0.282 e. The molecule has 1 aromatic heterocycles. The highest BCUT2D eigenvalue weighted by atomic mass is 127. The smallest absolute Gasteiger partial charge is 0.282 e. The summed E-state index contributed by atoms with van der Waals surface area (Å²) < 4.78 is 14.5. The average molecular weight is 826 g/mol. The SMILES string of the molecule is COc1cc(C)c(-c2nc3ccccc3c(=O)n2N=Cc2cc(I)c(OCC(=O)Nc3ccc(C)cc3)c(I)c2)cc1C(C)C. The van der Waals surface area contributed by atoms with Crippen LogP contribution in [0.15, 0.2) is 82.7 Å². The summed E-state index contributed by atoms with van der Waals surface area (Å²) in [5, 5.41) is 8.00. The molecular formula is C35H32I2N4O4. The van der Waals surface area contributed by atoms with Gasteiger partial charge in [-0.3, -0.25) is 9.59 Å². The maximum absolute atomic E-state index is 13.8. The van der Waals surface area contributed by atoms with E-state index in [1.807, 2.05) is 80.6 Å². The Kier molecular flexibility index (Phi) is 10.2. The van der Waals surface area contributed by atoms with Gasteiger partial charge in [-0.1, -0.05) is 43.7 Å². The highest BCUT2D eigenvalue weighted by Gasteiger charge is 2.19. The summed E-state index contributed by atoms with van der Waals surface area (Å²) in [7, 11) is 1.66. The topological polar surface area (TPSA) is 94.8 Å². The number of carbonyl (C=O) groups is 1. The van der Waals surface area contributed by atoms with Crippen molar-refractivity contribution in [1.29, 1.82) is 0 Å². The van der Waals surface area contributed by atoms with Crippen molar-refractivity contribution in [1.82, 2.24) is 9.66 Å². The van der Waals surface area contributed by atoms with Crippen LogP contribution in [-0.2, 0) is 4.79 Å². The molecule has 0 unspecified atom stereocenters. The van der Waals surface area contributed by atoms with Crippen LogP contribution in [0.25, 0.3) is 22.3 Å². The lowest BCUT2D eigenvalue weighted by molar-refractivity contribution is -0.118. The number of aromatic nitrogens is 2. The fourth-order valence-electron chi connectivity index (χ4n) is 4.86. The third-order valence-electron chi connectivity index (χ3n) is 7.22. The molecule has 10 heteroatoms. The number of benzene rings is 4. The molecule has 0 saturated heterocycles. The Morgan fingerprint density at radius 2 is 1.71 bits per heavy atom. The number of aryl methyl sites for hydroxylation is 2. The zero-order valence-corrected chi connectivity index (χ0v) is 29.8. The van der Waals surface area contributed by atoms with Crippen LogP contribution in [0.1, 0.15) is 42.0 Å². The molecule has 1 amide bonds. The molecule has 5 rings (SSSR count). The van der Waals surface area contributed by atoms with Gasteiger partial charge >= 0.3 is 0 Å². The van der Waals surface area contributed by atoms with Crippen molar-refractivity contribution < 1.29 is 14.3 Å². The van der Waals surface area contributed by atoms with Gasteiger partial charge in [-0.15, -0.1) is 0 Å². The van der Waals surface area contributed by atoms with Gasteiger partial charge in [0.25, 0.3) is 11.5 Å². The van der Waals surface area contributed by atoms with E-state index in [2.05, 4.69) is 69.4 Å². The lowest BCUT2D eigenvalue weighted by Gasteiger charge is -2.17. The number of rotatable bonds is 9. The number of fused-ring (bicyclic) bond motifs is 1. The van der Waals surface area contributed by atoms with E-state index in [0.29, 0.717) is 28.2 Å². The molecule has 1 heterocycles. The van der Waals surface area contributed by atoms with Gasteiger partial charge < -0.3 is 14.8 Å². The summed E-state index contributed by atoms with van der Waals surface area (Å²) in [6.45, 7) is 8.04. The van der Waals surface area contributed by atoms with Gasteiger partial charge in [0.2, 0.25) is 0 Å². The first kappa shape index (κ1) is 32.6. The normalized spacial score (nSPS) is 11.4. The van der Waals surface area contributed by atoms with Crippen LogP contribution < -0.4 is 20.3 Å². The van der Waals surface area contributed by atoms with E-state index < -0.39 is 0 Å². The standard InChI is InChI=1S/C35H32I2N4O4/c1-20(2)26-17-27(22(4)14-31(26)44-5)34-40-30-9-7-6-8-25(30)35(43)41(34)38-18-23-15-28(36)33(29(37)16-23)45-19-32(42)39-24-12-10-21(3)11-13-24/h6-18,20H,19H2,1-5H3,(H,39,42). The van der Waals surface area contributed by atoms with Crippen molar-refractivity contribution in [3.63, 3.8) is 0 Å². The molecule has 4 aromatic carbocycles. The molecule has 5 aromatic rings. The first-order chi connectivity index (χ1) is 21.5. The summed E-state index contributed by atoms with van der Waals surface area (Å²) in [4.78, 5) is 31.2. The predicted molar refractivity (Wildman–Crippen MR) is 197 cm³/mol. The maximum atomic E-state index is 13.8. The van der Waals surface area contributed by atoms with Gasteiger partial charge in [0.15, 0.2) is 12.4 Å². The highest BCUT2D eigenvalue weighted by Crippen LogP contribution is 2.34. The van der Waals surface area contributed by atoms with Crippen LogP contribution in [0.5, 0.6) is 11.5 Å². The molecule has 230 valence electrons. The Bertz CT molecular complexity index is 1960. The lowest BCUT2D eigenvalue weighted by Crippen LogP contribution is -2.21. The molecule has 45 heavy (non-hydrogen) atoms. The number of methoxy groups -OCH3 is 1. The summed E-state index contributed by atoms with van der Waals surface area (Å²) in [6, 6.07) is 22.7. The first-order valence-electron chi connectivity index (χ1n) is 14.3. The summed E-state index contributed by atoms with van der Waals surface area (Å²) in [5.74, 6) is 1.79. The second kappa shape index (κ2) is 14.1. The van der Waals surface area contributed by atoms with E-state index >= 15 is 0 Å². The third kappa shape index (κ3) is 7.38. The number of halogens is 2. The van der Waals surface area contributed by atoms with Crippen LogP contribution in [-0.4, -0.2) is 35.5 Å². The molecule has 0 saturated carbocycles. The molecule has 0 fully saturated rings. The molecule has 0 aliphatic carbocycles. The number of carbonyl (C=O) groups excluding carboxylic acids is 1. The minimum absolute atomic E-state index is 0.131. The van der Waals surface area contributed by atoms with Gasteiger partial charge in [0.05, 0.1) is 31.4 Å². The predicted octanol–water partition coefficient (Wildman–Crippen LogP) is 7.92. The van der Waals surface area contributed by atoms with Gasteiger partial charge in [0.1, 0.15) is 11.5 Å². The van der Waals surface area contributed by atoms with Crippen molar-refractivity contribution in [3.8, 4) is 22.9 Å². The number of anilines is 1. The Hall–Kier alpha value is -3.78. The van der Waals surface area contributed by atoms with E-state index in [0.717, 1.165) is 40.7 Å². The van der Waals surface area contributed by atoms with Crippen LogP contribution >= 0.6 is 45.2 Å². The first-order valence-corrected chi connectivity index (χ1v) is 16.4. The van der Waals surface area contributed by atoms with Gasteiger partial charge in [-0.05, 0) is 130 Å². The fraction of sp³-hybridized carbons (Fsp3) is 0.200. The lowest BCUT2D eigenvalue weighted by atomic mass is 9.96. The Morgan fingerprint density at radius 3 is 2.38 bits per heavy atom. The van der Waals surface area contributed by atoms with E-state index in [4.69, 9.17) is 14.5 Å². The summed E-state index contributed by atoms with van der Waals surface area (Å²) >= 11 is 4.36. The molecule has 0 bridgehead atoms. The third-order valence-corrected chi connectivity index (χ3v) is 8.82. The quantitative estimate of drug-likeness (QED) is 0.121. The summed E-state index contributed by atoms with van der Waals surface area (Å²) in [6.07, 6.45) is 1.64. The minimum atomic E-state index is -0.267. The molecule has 0 aliphatic heterocycles. The van der Waals surface area contributed by atoms with Crippen LogP contribution in [0.4, 0.5) is 5.69 Å². The second-order valence-corrected chi connectivity index (χ2v) is 13.2. The minimum Gasteiger partial charge on any atom is -0.496 e. The Morgan fingerprint density at radius 1 is 1.02 bits per heavy atom. The van der Waals surface area contributed by atoms with Crippen molar-refractivity contribution in [2.45, 2.75) is 33.6 Å². The van der Waals surface area contributed by atoms with Crippen molar-refractivity contribution in [3.05, 3.63) is 113 Å². The zero-order valence-electron chi connectivity index (χ0n) is 25.5. The number of ether oxygens (including phenoxy) is 2. The van der Waals surface area contributed by atoms with Gasteiger partial charge in [-0.25, -0.2) is 4.98 Å². The van der Waals surface area contributed by atoms with Gasteiger partial charge in [-0.2, -0.15) is 9.78 Å². The number of nitrogens with one attached hydrogen (secondary N) is 1. The van der Waals surface area contributed by atoms with Crippen molar-refractivity contribution in [2.24, 2.45) is 5.10 Å². The molecule has 0 atom stereocenters. The molecule has 8 nitrogen and oxygen atoms in total. The summed E-state index contributed by atoms with van der Waals surface area (Å²) in [5.41, 5.74) is 5.67. The number of nitrogens with zero attached hydrogens (tertiary/aromatic N) is 3. The molecule has 0 spiro atoms. The van der Waals surface area contributed by atoms with E-state index in [1.165, 1.54) is 4.68 Å². The Balaban J connectivity index is 1.48. The van der Waals surface area contributed by atoms with Crippen molar-refractivity contribution >= 4 is 73.9 Å². The highest BCUT2D eigenvalue weighted by molar-refractivity contribution is 14.1. The van der Waals surface area contributed by atoms with Crippen molar-refractivity contribution in [2.75, 3.05) is 19.0 Å². The molecule has 1 N–H and O–H groups in total. The number of para-hydroxylation sites is 1. The van der Waals surface area contributed by atoms with E-state index in [9.17, 15) is 9.59 Å². The van der Waals surface area contributed by atoms with Crippen LogP contribution in [0.3, 0.4) is 0 Å². The van der Waals surface area contributed by atoms with Crippen LogP contribution in [0.2, 0.25) is 0 Å². The van der Waals surface area contributed by atoms with E-state index in [1.54, 1.807) is 19.4 Å². The van der Waals surface area contributed by atoms with Gasteiger partial charge in [0, 0.05) is 11.3 Å². The monoisotopic (exact) mass is 826 g/mol.